The summed E-state index contributed by atoms with van der Waals surface area (Å²) in [5, 5.41) is 22.1. The lowest BCUT2D eigenvalue weighted by molar-refractivity contribution is -0.181. The summed E-state index contributed by atoms with van der Waals surface area (Å²) in [6, 6.07) is 1.55. The smallest absolute Gasteiger partial charge is 0.235 e. The molecule has 6 atom stereocenters. The molecule has 3 aliphatic rings. The zero-order chi connectivity index (χ0) is 27.4. The molecule has 2 saturated carbocycles. The number of carbonyl (C=O) groups excluding carboxylic acids is 6. The molecular formula is C27H32N2O8. The van der Waals surface area contributed by atoms with Crippen LogP contribution in [-0.2, 0) is 25.6 Å². The van der Waals surface area contributed by atoms with Crippen LogP contribution in [0.1, 0.15) is 65.3 Å². The van der Waals surface area contributed by atoms with Gasteiger partial charge in [0.05, 0.1) is 17.5 Å². The Morgan fingerprint density at radius 3 is 2.38 bits per heavy atom. The number of Topliss-reactive ketones (excluding diaryl/α,β-unsaturated/α-hetero) is 5. The number of unbranched alkanes of at least 4 members (excludes halogenated alkanes) is 2. The van der Waals surface area contributed by atoms with Gasteiger partial charge in [0.1, 0.15) is 5.75 Å². The van der Waals surface area contributed by atoms with Crippen molar-refractivity contribution in [3.63, 3.8) is 0 Å². The third-order valence-corrected chi connectivity index (χ3v) is 8.25. The van der Waals surface area contributed by atoms with Crippen LogP contribution in [0.5, 0.6) is 5.75 Å². The molecule has 0 heterocycles. The van der Waals surface area contributed by atoms with Crippen molar-refractivity contribution < 1.29 is 39.0 Å². The first-order valence-electron chi connectivity index (χ1n) is 12.6. The van der Waals surface area contributed by atoms with Crippen molar-refractivity contribution in [3.05, 3.63) is 28.8 Å². The summed E-state index contributed by atoms with van der Waals surface area (Å²) in [4.78, 5) is 80.3. The van der Waals surface area contributed by atoms with E-state index in [1.165, 1.54) is 31.1 Å². The number of amides is 1. The van der Waals surface area contributed by atoms with Crippen LogP contribution in [0, 0.1) is 23.7 Å². The van der Waals surface area contributed by atoms with Gasteiger partial charge in [0.15, 0.2) is 40.4 Å². The number of carbonyl (C=O) groups is 6. The van der Waals surface area contributed by atoms with Crippen molar-refractivity contribution >= 4 is 34.8 Å². The molecule has 2 fully saturated rings. The minimum atomic E-state index is -2.76. The van der Waals surface area contributed by atoms with Crippen molar-refractivity contribution in [3.8, 4) is 5.75 Å². The molecule has 1 aromatic rings. The van der Waals surface area contributed by atoms with Gasteiger partial charge in [-0.25, -0.2) is 0 Å². The van der Waals surface area contributed by atoms with Gasteiger partial charge in [-0.05, 0) is 57.0 Å². The number of fused-ring (bicyclic) bond motifs is 3. The van der Waals surface area contributed by atoms with Crippen molar-refractivity contribution in [2.24, 2.45) is 29.4 Å². The number of benzene rings is 1. The Hall–Kier alpha value is -3.24. The molecule has 198 valence electrons. The van der Waals surface area contributed by atoms with Crippen molar-refractivity contribution in [2.75, 3.05) is 14.1 Å². The molecule has 4 N–H and O–H groups in total. The van der Waals surface area contributed by atoms with E-state index in [4.69, 9.17) is 5.73 Å². The summed E-state index contributed by atoms with van der Waals surface area (Å²) in [7, 11) is 3.06. The zero-order valence-corrected chi connectivity index (χ0v) is 21.2. The van der Waals surface area contributed by atoms with Crippen LogP contribution in [0.4, 0.5) is 0 Å². The second-order valence-electron chi connectivity index (χ2n) is 10.7. The normalized spacial score (nSPS) is 31.1. The first-order valence-corrected chi connectivity index (χ1v) is 12.6. The summed E-state index contributed by atoms with van der Waals surface area (Å²) in [5.74, 6) is -11.2. The fourth-order valence-electron chi connectivity index (χ4n) is 6.54. The molecule has 0 aliphatic heterocycles. The Balaban J connectivity index is 1.81. The summed E-state index contributed by atoms with van der Waals surface area (Å²) in [6.07, 6.45) is 2.77. The minimum absolute atomic E-state index is 0.0526. The van der Waals surface area contributed by atoms with E-state index in [-0.39, 0.29) is 30.6 Å². The lowest BCUT2D eigenvalue weighted by Crippen LogP contribution is -2.74. The molecule has 1 amide bonds. The highest BCUT2D eigenvalue weighted by Crippen LogP contribution is 2.51. The number of hydrogen-bond donors (Lipinski definition) is 3. The highest BCUT2D eigenvalue weighted by Gasteiger charge is 2.69. The topological polar surface area (TPSA) is 172 Å². The van der Waals surface area contributed by atoms with E-state index < -0.39 is 70.1 Å². The molecule has 4 rings (SSSR count). The SMILES string of the molecule is CCCCCC(=O)c1ccc(O)c2c1CC1CC3C(N(C)C)C(=O)C(C(N)=O)C(=O)C3(O)C(=O)C1C2=O. The number of hydrogen-bond acceptors (Lipinski definition) is 9. The van der Waals surface area contributed by atoms with E-state index in [0.717, 1.165) is 12.8 Å². The van der Waals surface area contributed by atoms with Crippen LogP contribution in [0.2, 0.25) is 0 Å². The van der Waals surface area contributed by atoms with Crippen LogP contribution in [0.15, 0.2) is 12.1 Å². The maximum atomic E-state index is 13.8. The number of likely N-dealkylation sites (N-methyl/N-ethyl adjacent to an activating group) is 1. The standard InChI is InChI=1S/C27H32N2O8/c1-4-5-6-7-16(30)13-8-9-17(31)19-14(13)10-12-11-15-21(29(2)3)23(33)20(26(28)36)25(35)27(15,37)24(34)18(12)22(19)32/h8-9,12,15,18,20-21,31,37H,4-7,10-11H2,1-3H3,(H2,28,36). The molecule has 10 nitrogen and oxygen atoms in total. The predicted molar refractivity (Wildman–Crippen MR) is 130 cm³/mol. The molecule has 0 spiro atoms. The van der Waals surface area contributed by atoms with Gasteiger partial charge in [0, 0.05) is 17.9 Å². The number of aromatic hydroxyl groups is 1. The molecule has 10 heteroatoms. The number of aliphatic hydroxyl groups is 1. The van der Waals surface area contributed by atoms with Crippen LogP contribution in [-0.4, -0.2) is 75.7 Å². The molecule has 1 aromatic carbocycles. The average molecular weight is 513 g/mol. The lowest BCUT2D eigenvalue weighted by Gasteiger charge is -2.52. The molecule has 3 aliphatic carbocycles. The quantitative estimate of drug-likeness (QED) is 0.269. The molecule has 0 bridgehead atoms. The maximum Gasteiger partial charge on any atom is 0.235 e. The first-order chi connectivity index (χ1) is 17.4. The number of rotatable bonds is 7. The van der Waals surface area contributed by atoms with Gasteiger partial charge in [-0.15, -0.1) is 0 Å². The Bertz CT molecular complexity index is 1220. The van der Waals surface area contributed by atoms with Crippen LogP contribution < -0.4 is 5.73 Å². The Labute approximate surface area is 214 Å². The number of nitrogens with zero attached hydrogens (tertiary/aromatic N) is 1. The van der Waals surface area contributed by atoms with Gasteiger partial charge in [0.2, 0.25) is 5.91 Å². The van der Waals surface area contributed by atoms with E-state index in [1.54, 1.807) is 0 Å². The van der Waals surface area contributed by atoms with Gasteiger partial charge >= 0.3 is 0 Å². The fourth-order valence-corrected chi connectivity index (χ4v) is 6.54. The van der Waals surface area contributed by atoms with Crippen LogP contribution in [0.25, 0.3) is 0 Å². The predicted octanol–water partition coefficient (Wildman–Crippen LogP) is 0.630. The van der Waals surface area contributed by atoms with E-state index in [0.29, 0.717) is 17.5 Å². The average Bonchev–Trinajstić information content (AvgIpc) is 2.81. The van der Waals surface area contributed by atoms with E-state index in [2.05, 4.69) is 0 Å². The van der Waals surface area contributed by atoms with Crippen molar-refractivity contribution in [2.45, 2.75) is 57.1 Å². The van der Waals surface area contributed by atoms with Gasteiger partial charge in [-0.2, -0.15) is 0 Å². The summed E-state index contributed by atoms with van der Waals surface area (Å²) < 4.78 is 0. The maximum absolute atomic E-state index is 13.8. The third kappa shape index (κ3) is 3.93. The van der Waals surface area contributed by atoms with Crippen LogP contribution in [0.3, 0.4) is 0 Å². The second kappa shape index (κ2) is 9.57. The van der Waals surface area contributed by atoms with Gasteiger partial charge in [0.25, 0.3) is 0 Å². The van der Waals surface area contributed by atoms with Crippen molar-refractivity contribution in [1.29, 1.82) is 0 Å². The Kier molecular flexibility index (Phi) is 6.94. The summed E-state index contributed by atoms with van der Waals surface area (Å²) in [6.45, 7) is 2.01. The number of phenols is 1. The highest BCUT2D eigenvalue weighted by molar-refractivity contribution is 6.32. The van der Waals surface area contributed by atoms with Gasteiger partial charge in [-0.3, -0.25) is 33.7 Å². The molecule has 6 unspecified atom stereocenters. The van der Waals surface area contributed by atoms with E-state index in [9.17, 15) is 39.0 Å². The molecular weight excluding hydrogens is 480 g/mol. The summed E-state index contributed by atoms with van der Waals surface area (Å²) in [5.41, 5.74) is 3.04. The lowest BCUT2D eigenvalue weighted by atomic mass is 9.52. The minimum Gasteiger partial charge on any atom is -0.507 e. The molecule has 0 radical (unpaired) electrons. The first kappa shape index (κ1) is 26.8. The monoisotopic (exact) mass is 512 g/mol. The van der Waals surface area contributed by atoms with E-state index >= 15 is 0 Å². The zero-order valence-electron chi connectivity index (χ0n) is 21.2. The van der Waals surface area contributed by atoms with Gasteiger partial charge < -0.3 is 15.9 Å². The number of nitrogens with two attached hydrogens (primary N) is 1. The third-order valence-electron chi connectivity index (χ3n) is 8.25. The Morgan fingerprint density at radius 1 is 1.11 bits per heavy atom. The number of ketones is 5. The molecule has 0 aromatic heterocycles. The van der Waals surface area contributed by atoms with Crippen molar-refractivity contribution in [1.82, 2.24) is 4.90 Å². The van der Waals surface area contributed by atoms with Crippen LogP contribution >= 0.6 is 0 Å². The second-order valence-corrected chi connectivity index (χ2v) is 10.7. The molecule has 37 heavy (non-hydrogen) atoms. The Morgan fingerprint density at radius 2 is 1.78 bits per heavy atom. The molecule has 0 saturated heterocycles. The van der Waals surface area contributed by atoms with Gasteiger partial charge in [-0.1, -0.05) is 19.8 Å². The van der Waals surface area contributed by atoms with E-state index in [1.807, 2.05) is 6.92 Å². The fraction of sp³-hybridized carbons (Fsp3) is 0.556. The highest BCUT2D eigenvalue weighted by atomic mass is 16.3. The number of phenolic OH excluding ortho intramolecular Hbond substituents is 1. The largest absolute Gasteiger partial charge is 0.507 e. The number of primary amides is 1. The summed E-state index contributed by atoms with van der Waals surface area (Å²) >= 11 is 0.